The molecule has 2 heterocycles. The summed E-state index contributed by atoms with van der Waals surface area (Å²) in [6, 6.07) is 0. The lowest BCUT2D eigenvalue weighted by Crippen LogP contribution is -1.99. The molecule has 0 spiro atoms. The lowest BCUT2D eigenvalue weighted by Gasteiger charge is -2.09. The normalized spacial score (nSPS) is 12.2. The van der Waals surface area contributed by atoms with Crippen LogP contribution in [0.25, 0.3) is 11.2 Å². The predicted molar refractivity (Wildman–Crippen MR) is 141 cm³/mol. The summed E-state index contributed by atoms with van der Waals surface area (Å²) in [4.78, 5) is 14.1. The number of ether oxygens (including phenoxy) is 1. The number of hydrogen-bond acceptors (Lipinski definition) is 6. The number of methoxy groups -OCH3 is 1. The minimum Gasteiger partial charge on any atom is -0.497 e. The van der Waals surface area contributed by atoms with E-state index in [0.717, 1.165) is 34.4 Å². The zero-order chi connectivity index (χ0) is 24.7. The molecular formula is C25H41N5OS. The lowest BCUT2D eigenvalue weighted by molar-refractivity contribution is 0.305. The molecule has 7 heteroatoms. The molecule has 2 aromatic rings. The molecule has 2 aromatic heterocycles. The van der Waals surface area contributed by atoms with Gasteiger partial charge in [0.2, 0.25) is 0 Å². The second-order valence-electron chi connectivity index (χ2n) is 6.48. The number of aromatic nitrogens is 4. The Morgan fingerprint density at radius 2 is 1.81 bits per heavy atom. The van der Waals surface area contributed by atoms with Gasteiger partial charge in [-0.2, -0.15) is 0 Å². The molecule has 6 nitrogen and oxygen atoms in total. The summed E-state index contributed by atoms with van der Waals surface area (Å²) in [5.74, 6) is 1.27. The van der Waals surface area contributed by atoms with Crippen LogP contribution in [-0.2, 0) is 11.3 Å². The zero-order valence-corrected chi connectivity index (χ0v) is 22.3. The highest BCUT2D eigenvalue weighted by Gasteiger charge is 2.17. The largest absolute Gasteiger partial charge is 0.497 e. The van der Waals surface area contributed by atoms with Gasteiger partial charge in [-0.3, -0.25) is 0 Å². The predicted octanol–water partition coefficient (Wildman–Crippen LogP) is 7.31. The smallest absolute Gasteiger partial charge is 0.175 e. The average Bonchev–Trinajstić information content (AvgIpc) is 3.08. The van der Waals surface area contributed by atoms with E-state index in [9.17, 15) is 0 Å². The van der Waals surface area contributed by atoms with Gasteiger partial charge in [0.25, 0.3) is 0 Å². The Bertz CT molecular complexity index is 951. The van der Waals surface area contributed by atoms with Gasteiger partial charge in [-0.05, 0) is 58.8 Å². The molecule has 0 saturated heterocycles. The highest BCUT2D eigenvalue weighted by molar-refractivity contribution is 8.03. The average molecular weight is 460 g/mol. The van der Waals surface area contributed by atoms with Crippen LogP contribution in [0.1, 0.15) is 68.7 Å². The summed E-state index contributed by atoms with van der Waals surface area (Å²) in [5.41, 5.74) is 9.92. The monoisotopic (exact) mass is 459 g/mol. The van der Waals surface area contributed by atoms with Crippen molar-refractivity contribution in [3.05, 3.63) is 52.4 Å². The van der Waals surface area contributed by atoms with Gasteiger partial charge in [0, 0.05) is 11.4 Å². The van der Waals surface area contributed by atoms with E-state index in [2.05, 4.69) is 60.9 Å². The van der Waals surface area contributed by atoms with Gasteiger partial charge in [0.15, 0.2) is 22.1 Å². The number of aryl methyl sites for hydroxylation is 1. The van der Waals surface area contributed by atoms with E-state index in [1.165, 1.54) is 17.5 Å². The Labute approximate surface area is 198 Å². The molecule has 0 saturated carbocycles. The van der Waals surface area contributed by atoms with Gasteiger partial charge in [-0.25, -0.2) is 15.0 Å². The Morgan fingerprint density at radius 3 is 2.34 bits per heavy atom. The van der Waals surface area contributed by atoms with Crippen molar-refractivity contribution in [2.24, 2.45) is 0 Å². The Hall–Kier alpha value is -2.54. The van der Waals surface area contributed by atoms with Crippen molar-refractivity contribution in [3.8, 4) is 0 Å². The third kappa shape index (κ3) is 8.54. The van der Waals surface area contributed by atoms with Crippen molar-refractivity contribution in [1.29, 1.82) is 0 Å². The Balaban J connectivity index is 0.000000928. The topological polar surface area (TPSA) is 78.9 Å². The van der Waals surface area contributed by atoms with Gasteiger partial charge >= 0.3 is 0 Å². The van der Waals surface area contributed by atoms with E-state index < -0.39 is 0 Å². The number of nitrogen functional groups attached to an aromatic ring is 1. The highest BCUT2D eigenvalue weighted by Crippen LogP contribution is 2.35. The van der Waals surface area contributed by atoms with Crippen LogP contribution in [0.15, 0.2) is 57.6 Å². The molecule has 0 fully saturated rings. The summed E-state index contributed by atoms with van der Waals surface area (Å²) >= 11 is 1.59. The van der Waals surface area contributed by atoms with Gasteiger partial charge < -0.3 is 15.0 Å². The molecule has 1 aliphatic carbocycles. The maximum Gasteiger partial charge on any atom is 0.175 e. The number of rotatable bonds is 4. The number of nitrogens with zero attached hydrogens (tertiary/aromatic N) is 4. The van der Waals surface area contributed by atoms with Gasteiger partial charge in [0.05, 0.1) is 7.11 Å². The number of nitrogens with two attached hydrogens (primary N) is 1. The van der Waals surface area contributed by atoms with Crippen molar-refractivity contribution < 1.29 is 4.74 Å². The molecule has 0 atom stereocenters. The molecule has 178 valence electrons. The van der Waals surface area contributed by atoms with Crippen molar-refractivity contribution in [3.63, 3.8) is 0 Å². The van der Waals surface area contributed by atoms with Crippen LogP contribution >= 0.6 is 11.8 Å². The van der Waals surface area contributed by atoms with Gasteiger partial charge in [-0.15, -0.1) is 0 Å². The standard InChI is InChI=1S/C16H19N5OS.C5H10.2C2H6/c1-4-21-15-13(14(17)18-9-19-15)20-16(21)23-12-8-11(22-3)7-5-6-10(12)2;1-4-5(2)3;2*1-2/h6-9H,4-5H2,1-3H3,(H2,17,18,19);4H,1-3H3;2*1-2H3. The van der Waals surface area contributed by atoms with Crippen molar-refractivity contribution in [2.75, 3.05) is 12.8 Å². The maximum atomic E-state index is 5.93. The van der Waals surface area contributed by atoms with E-state index in [0.29, 0.717) is 11.3 Å². The third-order valence-corrected chi connectivity index (χ3v) is 5.41. The number of allylic oxidation sites excluding steroid dienone is 6. The quantitative estimate of drug-likeness (QED) is 0.483. The van der Waals surface area contributed by atoms with E-state index in [4.69, 9.17) is 10.5 Å². The van der Waals surface area contributed by atoms with Crippen LogP contribution in [0.3, 0.4) is 0 Å². The van der Waals surface area contributed by atoms with Crippen LogP contribution in [-0.4, -0.2) is 26.6 Å². The summed E-state index contributed by atoms with van der Waals surface area (Å²) in [7, 11) is 1.68. The first kappa shape index (κ1) is 29.5. The fourth-order valence-corrected chi connectivity index (χ4v) is 3.48. The van der Waals surface area contributed by atoms with Crippen LogP contribution < -0.4 is 5.73 Å². The number of fused-ring (bicyclic) bond motifs is 1. The van der Waals surface area contributed by atoms with Gasteiger partial charge in [0.1, 0.15) is 12.1 Å². The molecule has 0 radical (unpaired) electrons. The summed E-state index contributed by atoms with van der Waals surface area (Å²) in [6.45, 7) is 19.1. The van der Waals surface area contributed by atoms with E-state index >= 15 is 0 Å². The second kappa shape index (κ2) is 16.1. The number of imidazole rings is 1. The molecule has 1 aliphatic rings. The molecule has 2 N–H and O–H groups in total. The van der Waals surface area contributed by atoms with E-state index in [1.807, 2.05) is 45.3 Å². The fraction of sp³-hybridized carbons (Fsp3) is 0.480. The molecular weight excluding hydrogens is 418 g/mol. The van der Waals surface area contributed by atoms with Crippen molar-refractivity contribution in [1.82, 2.24) is 19.5 Å². The SMILES string of the molecule is CC.CC.CC=C(C)C.CCn1c(SC2=CC(OC)=CCC=C2C)nc2c(N)ncnc21. The number of anilines is 1. The molecule has 0 unspecified atom stereocenters. The van der Waals surface area contributed by atoms with Crippen molar-refractivity contribution >= 4 is 28.7 Å². The van der Waals surface area contributed by atoms with Crippen LogP contribution in [0.2, 0.25) is 0 Å². The summed E-state index contributed by atoms with van der Waals surface area (Å²) in [5, 5.41) is 0.853. The first-order chi connectivity index (χ1) is 15.4. The van der Waals surface area contributed by atoms with E-state index in [1.54, 1.807) is 18.9 Å². The first-order valence-corrected chi connectivity index (χ1v) is 12.1. The number of thioether (sulfide) groups is 1. The molecule has 0 aromatic carbocycles. The third-order valence-electron chi connectivity index (χ3n) is 4.26. The molecule has 0 bridgehead atoms. The minimum absolute atomic E-state index is 0.406. The fourth-order valence-electron chi connectivity index (χ4n) is 2.40. The van der Waals surface area contributed by atoms with Crippen LogP contribution in [0.5, 0.6) is 0 Å². The molecule has 32 heavy (non-hydrogen) atoms. The Kier molecular flexibility index (Phi) is 14.9. The molecule has 0 amide bonds. The van der Waals surface area contributed by atoms with Crippen LogP contribution in [0.4, 0.5) is 5.82 Å². The Morgan fingerprint density at radius 1 is 1.19 bits per heavy atom. The van der Waals surface area contributed by atoms with E-state index in [-0.39, 0.29) is 0 Å². The summed E-state index contributed by atoms with van der Waals surface area (Å²) < 4.78 is 7.44. The first-order valence-electron chi connectivity index (χ1n) is 11.3. The second-order valence-corrected chi connectivity index (χ2v) is 7.49. The maximum absolute atomic E-state index is 5.93. The lowest BCUT2D eigenvalue weighted by atomic mass is 10.2. The highest BCUT2D eigenvalue weighted by atomic mass is 32.2. The number of hydrogen-bond donors (Lipinski definition) is 1. The molecule has 0 aliphatic heterocycles. The zero-order valence-electron chi connectivity index (χ0n) is 21.5. The minimum atomic E-state index is 0.406. The molecule has 3 rings (SSSR count). The van der Waals surface area contributed by atoms with Gasteiger partial charge in [-0.1, -0.05) is 57.2 Å². The summed E-state index contributed by atoms with van der Waals surface area (Å²) in [6.07, 6.45) is 10.7. The van der Waals surface area contributed by atoms with Crippen molar-refractivity contribution in [2.45, 2.75) is 80.4 Å². The van der Waals surface area contributed by atoms with Crippen LogP contribution in [0, 0.1) is 0 Å².